The van der Waals surface area contributed by atoms with Gasteiger partial charge in [0.15, 0.2) is 0 Å². The van der Waals surface area contributed by atoms with Gasteiger partial charge in [0.2, 0.25) is 0 Å². The molecular weight excluding hydrogens is 394 g/mol. The van der Waals surface area contributed by atoms with E-state index >= 15 is 0 Å². The number of likely N-dealkylation sites (tertiary alicyclic amines) is 1. The fourth-order valence-electron chi connectivity index (χ4n) is 4.16. The van der Waals surface area contributed by atoms with Crippen LogP contribution in [0.25, 0.3) is 0 Å². The molecule has 0 saturated carbocycles. The highest BCUT2D eigenvalue weighted by Gasteiger charge is 2.37. The number of hydrogen-bond donors (Lipinski definition) is 2. The van der Waals surface area contributed by atoms with Crippen LogP contribution in [-0.2, 0) is 0 Å². The third-order valence-corrected chi connectivity index (χ3v) is 6.02. The summed E-state index contributed by atoms with van der Waals surface area (Å²) in [6, 6.07) is 9.06. The molecule has 2 aromatic rings. The Labute approximate surface area is 183 Å². The lowest BCUT2D eigenvalue weighted by Gasteiger charge is -2.24. The Balaban J connectivity index is 1.23. The van der Waals surface area contributed by atoms with Crippen LogP contribution in [-0.4, -0.2) is 77.4 Å². The number of nitrogens with one attached hydrogen (secondary N) is 1. The molecule has 1 amide bonds. The average molecular weight is 426 g/mol. The van der Waals surface area contributed by atoms with Crippen molar-refractivity contribution in [2.24, 2.45) is 0 Å². The van der Waals surface area contributed by atoms with Gasteiger partial charge in [0, 0.05) is 43.5 Å². The van der Waals surface area contributed by atoms with Gasteiger partial charge in [0.05, 0.1) is 0 Å². The summed E-state index contributed by atoms with van der Waals surface area (Å²) in [6.07, 6.45) is 4.65. The molecule has 0 spiro atoms. The van der Waals surface area contributed by atoms with Crippen LogP contribution in [0.15, 0.2) is 36.7 Å². The molecule has 2 aliphatic heterocycles. The van der Waals surface area contributed by atoms with E-state index in [9.17, 15) is 9.90 Å². The van der Waals surface area contributed by atoms with Crippen molar-refractivity contribution in [3.8, 4) is 5.75 Å². The van der Waals surface area contributed by atoms with Crippen molar-refractivity contribution in [1.82, 2.24) is 20.2 Å². The van der Waals surface area contributed by atoms with Crippen LogP contribution in [0, 0.1) is 6.92 Å². The van der Waals surface area contributed by atoms with Gasteiger partial charge in [-0.1, -0.05) is 0 Å². The van der Waals surface area contributed by atoms with E-state index in [4.69, 9.17) is 4.74 Å². The molecule has 8 nitrogen and oxygen atoms in total. The van der Waals surface area contributed by atoms with E-state index in [2.05, 4.69) is 20.2 Å². The minimum Gasteiger partial charge on any atom is -0.492 e. The van der Waals surface area contributed by atoms with Crippen molar-refractivity contribution in [2.45, 2.75) is 31.8 Å². The molecule has 1 aromatic carbocycles. The Kier molecular flexibility index (Phi) is 6.67. The first-order chi connectivity index (χ1) is 15.0. The Morgan fingerprint density at radius 3 is 2.71 bits per heavy atom. The highest BCUT2D eigenvalue weighted by Crippen LogP contribution is 2.25. The van der Waals surface area contributed by atoms with Crippen molar-refractivity contribution < 1.29 is 14.6 Å². The van der Waals surface area contributed by atoms with Gasteiger partial charge in [-0.3, -0.25) is 9.69 Å². The first-order valence-corrected chi connectivity index (χ1v) is 11.0. The lowest BCUT2D eigenvalue weighted by molar-refractivity contribution is 0.0575. The zero-order chi connectivity index (χ0) is 21.7. The van der Waals surface area contributed by atoms with Crippen LogP contribution in [0.3, 0.4) is 0 Å². The second kappa shape index (κ2) is 9.62. The van der Waals surface area contributed by atoms with Crippen molar-refractivity contribution in [3.63, 3.8) is 0 Å². The van der Waals surface area contributed by atoms with E-state index in [0.717, 1.165) is 36.9 Å². The Bertz CT molecular complexity index is 885. The third-order valence-electron chi connectivity index (χ3n) is 6.02. The van der Waals surface area contributed by atoms with Gasteiger partial charge in [0.1, 0.15) is 30.1 Å². The maximum Gasteiger partial charge on any atom is 0.251 e. The maximum atomic E-state index is 12.5. The van der Waals surface area contributed by atoms with E-state index in [-0.39, 0.29) is 12.5 Å². The highest BCUT2D eigenvalue weighted by molar-refractivity contribution is 5.94. The normalized spacial score (nSPS) is 21.4. The van der Waals surface area contributed by atoms with E-state index in [0.29, 0.717) is 31.7 Å². The molecule has 0 radical (unpaired) electrons. The number of β-amino-alcohol motifs (C(OH)–C–C–N with tert-alkyl or cyclic N) is 1. The second-order valence-corrected chi connectivity index (χ2v) is 8.52. The summed E-state index contributed by atoms with van der Waals surface area (Å²) >= 11 is 0. The number of carbonyl (C=O) groups excluding carboxylic acids is 1. The molecule has 1 atom stereocenters. The molecule has 0 aliphatic carbocycles. The molecule has 2 aliphatic rings. The molecule has 2 saturated heterocycles. The van der Waals surface area contributed by atoms with Crippen LogP contribution < -0.4 is 15.0 Å². The van der Waals surface area contributed by atoms with E-state index in [1.165, 1.54) is 19.2 Å². The molecular formula is C23H31N5O3. The van der Waals surface area contributed by atoms with Gasteiger partial charge in [-0.15, -0.1) is 0 Å². The van der Waals surface area contributed by atoms with Crippen LogP contribution in [0.1, 0.15) is 35.3 Å². The molecule has 166 valence electrons. The Morgan fingerprint density at radius 2 is 1.97 bits per heavy atom. The molecule has 1 aromatic heterocycles. The number of carbonyl (C=O) groups is 1. The molecule has 3 heterocycles. The van der Waals surface area contributed by atoms with Crippen molar-refractivity contribution in [3.05, 3.63) is 47.9 Å². The van der Waals surface area contributed by atoms with Gasteiger partial charge in [0.25, 0.3) is 5.91 Å². The number of rotatable bonds is 8. The number of aromatic nitrogens is 2. The lowest BCUT2D eigenvalue weighted by Crippen LogP contribution is -2.45. The quantitative estimate of drug-likeness (QED) is 0.664. The number of amides is 1. The van der Waals surface area contributed by atoms with E-state index in [1.54, 1.807) is 12.1 Å². The fraction of sp³-hybridized carbons (Fsp3) is 0.522. The highest BCUT2D eigenvalue weighted by atomic mass is 16.5. The summed E-state index contributed by atoms with van der Waals surface area (Å²) in [5, 5.41) is 13.8. The number of nitrogens with zero attached hydrogens (tertiary/aromatic N) is 4. The fourth-order valence-corrected chi connectivity index (χ4v) is 4.16. The van der Waals surface area contributed by atoms with Crippen molar-refractivity contribution in [1.29, 1.82) is 0 Å². The summed E-state index contributed by atoms with van der Waals surface area (Å²) < 4.78 is 5.79. The minimum atomic E-state index is -0.979. The van der Waals surface area contributed by atoms with Gasteiger partial charge in [-0.05, 0) is 63.5 Å². The molecule has 0 bridgehead atoms. The summed E-state index contributed by atoms with van der Waals surface area (Å²) in [4.78, 5) is 25.4. The zero-order valence-electron chi connectivity index (χ0n) is 18.1. The molecule has 2 N–H and O–H groups in total. The third kappa shape index (κ3) is 5.71. The monoisotopic (exact) mass is 425 g/mol. The number of aliphatic hydroxyl groups is 1. The zero-order valence-corrected chi connectivity index (χ0v) is 18.1. The van der Waals surface area contributed by atoms with Crippen molar-refractivity contribution >= 4 is 11.7 Å². The first kappa shape index (κ1) is 21.5. The average Bonchev–Trinajstić information content (AvgIpc) is 3.43. The topological polar surface area (TPSA) is 90.8 Å². The smallest absolute Gasteiger partial charge is 0.251 e. The Morgan fingerprint density at radius 1 is 1.19 bits per heavy atom. The number of anilines is 1. The second-order valence-electron chi connectivity index (χ2n) is 8.52. The summed E-state index contributed by atoms with van der Waals surface area (Å²) in [5.74, 6) is 1.37. The minimum absolute atomic E-state index is 0.195. The summed E-state index contributed by atoms with van der Waals surface area (Å²) in [5.41, 5.74) is 0.460. The van der Waals surface area contributed by atoms with Gasteiger partial charge in [-0.2, -0.15) is 0 Å². The number of hydrogen-bond acceptors (Lipinski definition) is 7. The largest absolute Gasteiger partial charge is 0.492 e. The molecule has 0 unspecified atom stereocenters. The van der Waals surface area contributed by atoms with Crippen LogP contribution in [0.4, 0.5) is 5.82 Å². The molecule has 4 rings (SSSR count). The van der Waals surface area contributed by atoms with E-state index in [1.807, 2.05) is 30.0 Å². The maximum absolute atomic E-state index is 12.5. The predicted octanol–water partition coefficient (Wildman–Crippen LogP) is 1.63. The molecule has 8 heteroatoms. The predicted molar refractivity (Wildman–Crippen MR) is 118 cm³/mol. The molecule has 31 heavy (non-hydrogen) atoms. The molecule has 2 fully saturated rings. The van der Waals surface area contributed by atoms with Gasteiger partial charge < -0.3 is 20.1 Å². The lowest BCUT2D eigenvalue weighted by atomic mass is 10.0. The van der Waals surface area contributed by atoms with E-state index < -0.39 is 5.60 Å². The first-order valence-electron chi connectivity index (χ1n) is 11.0. The number of aryl methyl sites for hydroxylation is 1. The van der Waals surface area contributed by atoms with Crippen LogP contribution in [0.5, 0.6) is 5.75 Å². The van der Waals surface area contributed by atoms with Gasteiger partial charge >= 0.3 is 0 Å². The van der Waals surface area contributed by atoms with Gasteiger partial charge in [-0.25, -0.2) is 9.97 Å². The summed E-state index contributed by atoms with van der Waals surface area (Å²) in [7, 11) is 0. The van der Waals surface area contributed by atoms with Crippen LogP contribution in [0.2, 0.25) is 0 Å². The standard InChI is InChI=1S/C23H31N5O3/c1-18-14-21(26-17-25-18)28-11-8-23(30,16-28)15-24-22(29)19-4-6-20(7-5-19)31-13-12-27-9-2-3-10-27/h4-7,14,17,30H,2-3,8-13,15-16H2,1H3,(H,24,29)/t23-/m1/s1. The van der Waals surface area contributed by atoms with Crippen molar-refractivity contribution in [2.75, 3.05) is 50.8 Å². The Hall–Kier alpha value is -2.71. The van der Waals surface area contributed by atoms with Crippen LogP contribution >= 0.6 is 0 Å². The summed E-state index contributed by atoms with van der Waals surface area (Å²) in [6.45, 7) is 7.13. The number of benzene rings is 1. The number of ether oxygens (including phenoxy) is 1. The SMILES string of the molecule is Cc1cc(N2CC[C@@](O)(CNC(=O)c3ccc(OCCN4CCCC4)cc3)C2)ncn1.